The van der Waals surface area contributed by atoms with Crippen molar-refractivity contribution in [3.63, 3.8) is 0 Å². The number of rotatable bonds is 7. The molecule has 0 radical (unpaired) electrons. The van der Waals surface area contributed by atoms with Crippen LogP contribution in [-0.4, -0.2) is 12.1 Å². The predicted octanol–water partition coefficient (Wildman–Crippen LogP) is 4.59. The standard InChI is InChI=1S/C23H18BrN3O2/c24-21-10-8-17(9-11-21)13-23(28)27-26-15-18-4-3-7-22(12-18)29-16-20-6-2-1-5-19(20)14-25/h1-12,15H,13,16H2,(H,27,28)/b26-15-. The van der Waals surface area contributed by atoms with Gasteiger partial charge < -0.3 is 4.74 Å². The summed E-state index contributed by atoms with van der Waals surface area (Å²) < 4.78 is 6.76. The first-order valence-electron chi connectivity index (χ1n) is 8.91. The fourth-order valence-corrected chi connectivity index (χ4v) is 2.87. The molecule has 0 saturated carbocycles. The van der Waals surface area contributed by atoms with Gasteiger partial charge in [-0.3, -0.25) is 4.79 Å². The predicted molar refractivity (Wildman–Crippen MR) is 116 cm³/mol. The molecule has 0 unspecified atom stereocenters. The molecule has 0 spiro atoms. The first-order chi connectivity index (χ1) is 14.1. The summed E-state index contributed by atoms with van der Waals surface area (Å²) in [6.45, 7) is 0.300. The van der Waals surface area contributed by atoms with Gasteiger partial charge in [0, 0.05) is 10.0 Å². The molecule has 0 bridgehead atoms. The Labute approximate surface area is 177 Å². The third-order valence-corrected chi connectivity index (χ3v) is 4.60. The zero-order valence-electron chi connectivity index (χ0n) is 15.5. The van der Waals surface area contributed by atoms with Gasteiger partial charge in [0.15, 0.2) is 0 Å². The Kier molecular flexibility index (Phi) is 7.15. The van der Waals surface area contributed by atoms with E-state index in [1.54, 1.807) is 12.3 Å². The SMILES string of the molecule is N#Cc1ccccc1COc1cccc(/C=N\NC(=O)Cc2ccc(Br)cc2)c1. The number of carbonyl (C=O) groups is 1. The zero-order valence-corrected chi connectivity index (χ0v) is 17.1. The molecule has 1 N–H and O–H groups in total. The number of carbonyl (C=O) groups excluding carboxylic acids is 1. The lowest BCUT2D eigenvalue weighted by atomic mass is 10.1. The summed E-state index contributed by atoms with van der Waals surface area (Å²) in [4.78, 5) is 12.0. The fraction of sp³-hybridized carbons (Fsp3) is 0.0870. The van der Waals surface area contributed by atoms with Gasteiger partial charge in [0.25, 0.3) is 0 Å². The molecule has 0 atom stereocenters. The summed E-state index contributed by atoms with van der Waals surface area (Å²) in [6, 6.07) is 24.4. The number of nitrogens with zero attached hydrogens (tertiary/aromatic N) is 2. The van der Waals surface area contributed by atoms with Crippen molar-refractivity contribution in [2.45, 2.75) is 13.0 Å². The molecule has 0 aromatic heterocycles. The molecule has 5 nitrogen and oxygen atoms in total. The van der Waals surface area contributed by atoms with Crippen LogP contribution in [0.1, 0.15) is 22.3 Å². The van der Waals surface area contributed by atoms with Crippen LogP contribution in [0.25, 0.3) is 0 Å². The summed E-state index contributed by atoms with van der Waals surface area (Å²) in [7, 11) is 0. The van der Waals surface area contributed by atoms with Crippen LogP contribution >= 0.6 is 15.9 Å². The summed E-state index contributed by atoms with van der Waals surface area (Å²) in [6.07, 6.45) is 1.82. The van der Waals surface area contributed by atoms with Gasteiger partial charge in [0.2, 0.25) is 5.91 Å². The van der Waals surface area contributed by atoms with Crippen LogP contribution in [0.2, 0.25) is 0 Å². The third kappa shape index (κ3) is 6.30. The number of hydrogen-bond donors (Lipinski definition) is 1. The number of benzene rings is 3. The monoisotopic (exact) mass is 447 g/mol. The topological polar surface area (TPSA) is 74.5 Å². The third-order valence-electron chi connectivity index (χ3n) is 4.07. The molecule has 1 amide bonds. The maximum atomic E-state index is 12.0. The van der Waals surface area contributed by atoms with Crippen LogP contribution in [0.15, 0.2) is 82.4 Å². The highest BCUT2D eigenvalue weighted by molar-refractivity contribution is 9.10. The highest BCUT2D eigenvalue weighted by atomic mass is 79.9. The molecular formula is C23H18BrN3O2. The summed E-state index contributed by atoms with van der Waals surface area (Å²) in [5, 5.41) is 13.2. The van der Waals surface area contributed by atoms with Crippen molar-refractivity contribution < 1.29 is 9.53 Å². The minimum atomic E-state index is -0.191. The molecule has 0 saturated heterocycles. The zero-order chi connectivity index (χ0) is 20.5. The molecule has 0 fully saturated rings. The summed E-state index contributed by atoms with van der Waals surface area (Å²) >= 11 is 3.37. The molecule has 0 heterocycles. The Morgan fingerprint density at radius 1 is 1.10 bits per heavy atom. The minimum Gasteiger partial charge on any atom is -0.489 e. The molecule has 3 aromatic rings. The Balaban J connectivity index is 1.54. The van der Waals surface area contributed by atoms with Crippen LogP contribution in [0.5, 0.6) is 5.75 Å². The van der Waals surface area contributed by atoms with E-state index in [2.05, 4.69) is 32.5 Å². The molecular weight excluding hydrogens is 430 g/mol. The van der Waals surface area contributed by atoms with Crippen LogP contribution < -0.4 is 10.2 Å². The van der Waals surface area contributed by atoms with E-state index in [0.717, 1.165) is 21.2 Å². The van der Waals surface area contributed by atoms with Gasteiger partial charge in [-0.05, 0) is 41.5 Å². The molecule has 3 aromatic carbocycles. The second-order valence-electron chi connectivity index (χ2n) is 6.23. The highest BCUT2D eigenvalue weighted by Gasteiger charge is 2.03. The molecule has 0 aliphatic carbocycles. The van der Waals surface area contributed by atoms with Gasteiger partial charge in [-0.2, -0.15) is 10.4 Å². The molecule has 0 aliphatic heterocycles. The quantitative estimate of drug-likeness (QED) is 0.424. The highest BCUT2D eigenvalue weighted by Crippen LogP contribution is 2.16. The number of amides is 1. The first-order valence-corrected chi connectivity index (χ1v) is 9.70. The van der Waals surface area contributed by atoms with Crippen LogP contribution in [0.3, 0.4) is 0 Å². The van der Waals surface area contributed by atoms with E-state index in [0.29, 0.717) is 17.9 Å². The van der Waals surface area contributed by atoms with E-state index in [4.69, 9.17) is 10.00 Å². The number of halogens is 1. The molecule has 29 heavy (non-hydrogen) atoms. The number of hydrogen-bond acceptors (Lipinski definition) is 4. The van der Waals surface area contributed by atoms with E-state index in [9.17, 15) is 4.79 Å². The second-order valence-corrected chi connectivity index (χ2v) is 7.14. The van der Waals surface area contributed by atoms with Crippen molar-refractivity contribution in [3.8, 4) is 11.8 Å². The van der Waals surface area contributed by atoms with Gasteiger partial charge in [-0.25, -0.2) is 5.43 Å². The van der Waals surface area contributed by atoms with E-state index >= 15 is 0 Å². The average Bonchev–Trinajstić information content (AvgIpc) is 2.74. The number of nitriles is 1. The summed E-state index contributed by atoms with van der Waals surface area (Å²) in [5.74, 6) is 0.465. The normalized spacial score (nSPS) is 10.5. The van der Waals surface area contributed by atoms with Crippen molar-refractivity contribution in [1.29, 1.82) is 5.26 Å². The van der Waals surface area contributed by atoms with E-state index < -0.39 is 0 Å². The van der Waals surface area contributed by atoms with Crippen molar-refractivity contribution in [3.05, 3.63) is 99.5 Å². The molecule has 0 aliphatic rings. The van der Waals surface area contributed by atoms with Gasteiger partial charge in [-0.1, -0.05) is 58.4 Å². The van der Waals surface area contributed by atoms with Crippen LogP contribution in [0, 0.1) is 11.3 Å². The van der Waals surface area contributed by atoms with E-state index in [1.807, 2.05) is 66.7 Å². The molecule has 3 rings (SSSR count). The average molecular weight is 448 g/mol. The second kappa shape index (κ2) is 10.2. The van der Waals surface area contributed by atoms with Crippen LogP contribution in [-0.2, 0) is 17.8 Å². The van der Waals surface area contributed by atoms with Gasteiger partial charge in [-0.15, -0.1) is 0 Å². The van der Waals surface area contributed by atoms with Gasteiger partial charge in [0.1, 0.15) is 12.4 Å². The van der Waals surface area contributed by atoms with Crippen molar-refractivity contribution in [1.82, 2.24) is 5.43 Å². The fourth-order valence-electron chi connectivity index (χ4n) is 2.61. The summed E-state index contributed by atoms with van der Waals surface area (Å²) in [5.41, 5.74) is 5.66. The smallest absolute Gasteiger partial charge is 0.244 e. The van der Waals surface area contributed by atoms with Gasteiger partial charge >= 0.3 is 0 Å². The lowest BCUT2D eigenvalue weighted by Gasteiger charge is -2.08. The maximum Gasteiger partial charge on any atom is 0.244 e. The number of hydrazone groups is 1. The van der Waals surface area contributed by atoms with E-state index in [-0.39, 0.29) is 12.3 Å². The van der Waals surface area contributed by atoms with Gasteiger partial charge in [0.05, 0.1) is 24.3 Å². The molecule has 144 valence electrons. The Hall–Kier alpha value is -3.43. The lowest BCUT2D eigenvalue weighted by Crippen LogP contribution is -2.19. The number of nitrogens with one attached hydrogen (secondary N) is 1. The molecule has 6 heteroatoms. The van der Waals surface area contributed by atoms with Crippen LogP contribution in [0.4, 0.5) is 0 Å². The first kappa shape index (κ1) is 20.3. The Bertz CT molecular complexity index is 1060. The largest absolute Gasteiger partial charge is 0.489 e. The maximum absolute atomic E-state index is 12.0. The van der Waals surface area contributed by atoms with E-state index in [1.165, 1.54) is 0 Å². The number of ether oxygens (including phenoxy) is 1. The lowest BCUT2D eigenvalue weighted by molar-refractivity contribution is -0.120. The minimum absolute atomic E-state index is 0.191. The van der Waals surface area contributed by atoms with Crippen molar-refractivity contribution in [2.75, 3.05) is 0 Å². The Morgan fingerprint density at radius 2 is 1.90 bits per heavy atom. The van der Waals surface area contributed by atoms with Crippen molar-refractivity contribution >= 4 is 28.1 Å². The Morgan fingerprint density at radius 3 is 2.69 bits per heavy atom. The van der Waals surface area contributed by atoms with Crippen molar-refractivity contribution in [2.24, 2.45) is 5.10 Å².